The van der Waals surface area contributed by atoms with Crippen LogP contribution in [-0.4, -0.2) is 40.6 Å². The molecule has 1 N–H and O–H groups in total. The van der Waals surface area contributed by atoms with Crippen molar-refractivity contribution in [1.29, 1.82) is 0 Å². The Bertz CT molecular complexity index is 635. The number of hydrogen-bond donors (Lipinski definition) is 1. The fourth-order valence-corrected chi connectivity index (χ4v) is 3.55. The van der Waals surface area contributed by atoms with Gasteiger partial charge in [0.25, 0.3) is 0 Å². The van der Waals surface area contributed by atoms with Gasteiger partial charge < -0.3 is 10.2 Å². The molecule has 0 spiro atoms. The number of nitrogens with one attached hydrogen (secondary N) is 1. The molecule has 2 heterocycles. The molecule has 2 aromatic rings. The van der Waals surface area contributed by atoms with E-state index in [9.17, 15) is 4.79 Å². The summed E-state index contributed by atoms with van der Waals surface area (Å²) in [6, 6.07) is 10.6. The topological polar surface area (TPSA) is 58.1 Å². The van der Waals surface area contributed by atoms with Crippen LogP contribution in [0.15, 0.2) is 30.3 Å². The van der Waals surface area contributed by atoms with Crippen molar-refractivity contribution < 1.29 is 4.79 Å². The fraction of sp³-hybridized carbons (Fsp3) is 0.471. The molecule has 1 aliphatic heterocycles. The van der Waals surface area contributed by atoms with Gasteiger partial charge in [0.2, 0.25) is 11.0 Å². The van der Waals surface area contributed by atoms with Gasteiger partial charge in [-0.2, -0.15) is 0 Å². The van der Waals surface area contributed by atoms with Gasteiger partial charge in [0.1, 0.15) is 5.01 Å². The van der Waals surface area contributed by atoms with Gasteiger partial charge in [0.05, 0.1) is 6.54 Å². The lowest BCUT2D eigenvalue weighted by molar-refractivity contribution is -0.130. The van der Waals surface area contributed by atoms with Gasteiger partial charge in [0, 0.05) is 13.1 Å². The number of benzene rings is 1. The quantitative estimate of drug-likeness (QED) is 0.916. The SMILES string of the molecule is Cc1nnc(NCC(=O)N2CCC(Cc3ccccc3)CC2)s1. The standard InChI is InChI=1S/C17H22N4OS/c1-13-19-20-17(23-13)18-12-16(22)21-9-7-15(8-10-21)11-14-5-3-2-4-6-14/h2-6,15H,7-12H2,1H3,(H,18,20). The van der Waals surface area contributed by atoms with Crippen molar-refractivity contribution in [3.05, 3.63) is 40.9 Å². The molecule has 1 fully saturated rings. The van der Waals surface area contributed by atoms with Gasteiger partial charge in [0.15, 0.2) is 0 Å². The summed E-state index contributed by atoms with van der Waals surface area (Å²) in [7, 11) is 0. The Labute approximate surface area is 140 Å². The normalized spacial score (nSPS) is 15.6. The molecule has 0 saturated carbocycles. The van der Waals surface area contributed by atoms with Crippen LogP contribution in [0.2, 0.25) is 0 Å². The Morgan fingerprint density at radius 3 is 2.65 bits per heavy atom. The number of anilines is 1. The molecular weight excluding hydrogens is 308 g/mol. The van der Waals surface area contributed by atoms with Crippen LogP contribution in [0, 0.1) is 12.8 Å². The first-order valence-electron chi connectivity index (χ1n) is 8.06. The third-order valence-corrected chi connectivity index (χ3v) is 5.05. The third kappa shape index (κ3) is 4.51. The summed E-state index contributed by atoms with van der Waals surface area (Å²) in [5.74, 6) is 0.830. The second kappa shape index (κ2) is 7.55. The van der Waals surface area contributed by atoms with E-state index < -0.39 is 0 Å². The molecule has 1 aromatic carbocycles. The Morgan fingerprint density at radius 2 is 2.00 bits per heavy atom. The molecule has 3 rings (SSSR count). The maximum Gasteiger partial charge on any atom is 0.241 e. The molecular formula is C17H22N4OS. The molecule has 0 unspecified atom stereocenters. The molecule has 1 aromatic heterocycles. The van der Waals surface area contributed by atoms with E-state index in [0.717, 1.165) is 42.5 Å². The van der Waals surface area contributed by atoms with Crippen molar-refractivity contribution in [1.82, 2.24) is 15.1 Å². The van der Waals surface area contributed by atoms with Crippen molar-refractivity contribution in [3.63, 3.8) is 0 Å². The Hall–Kier alpha value is -1.95. The minimum absolute atomic E-state index is 0.149. The molecule has 23 heavy (non-hydrogen) atoms. The number of carbonyl (C=O) groups is 1. The van der Waals surface area contributed by atoms with Gasteiger partial charge >= 0.3 is 0 Å². The number of aromatic nitrogens is 2. The number of amides is 1. The van der Waals surface area contributed by atoms with E-state index in [1.165, 1.54) is 16.9 Å². The van der Waals surface area contributed by atoms with Crippen molar-refractivity contribution in [2.45, 2.75) is 26.2 Å². The van der Waals surface area contributed by atoms with Crippen LogP contribution in [0.1, 0.15) is 23.4 Å². The zero-order valence-corrected chi connectivity index (χ0v) is 14.2. The minimum Gasteiger partial charge on any atom is -0.351 e. The van der Waals surface area contributed by atoms with Crippen molar-refractivity contribution in [2.75, 3.05) is 25.0 Å². The van der Waals surface area contributed by atoms with E-state index in [4.69, 9.17) is 0 Å². The molecule has 0 bridgehead atoms. The fourth-order valence-electron chi connectivity index (χ4n) is 2.96. The number of likely N-dealkylation sites (tertiary alicyclic amines) is 1. The minimum atomic E-state index is 0.149. The Balaban J connectivity index is 1.42. The summed E-state index contributed by atoms with van der Waals surface area (Å²) in [4.78, 5) is 14.2. The van der Waals surface area contributed by atoms with Gasteiger partial charge in [-0.25, -0.2) is 0 Å². The summed E-state index contributed by atoms with van der Waals surface area (Å²) in [6.45, 7) is 3.92. The van der Waals surface area contributed by atoms with E-state index in [-0.39, 0.29) is 5.91 Å². The second-order valence-corrected chi connectivity index (χ2v) is 7.18. The van der Waals surface area contributed by atoms with Crippen LogP contribution < -0.4 is 5.32 Å². The molecule has 6 heteroatoms. The lowest BCUT2D eigenvalue weighted by Gasteiger charge is -2.32. The highest BCUT2D eigenvalue weighted by atomic mass is 32.1. The first-order chi connectivity index (χ1) is 11.2. The number of rotatable bonds is 5. The van der Waals surface area contributed by atoms with Crippen LogP contribution in [-0.2, 0) is 11.2 Å². The highest BCUT2D eigenvalue weighted by Crippen LogP contribution is 2.22. The van der Waals surface area contributed by atoms with E-state index >= 15 is 0 Å². The number of carbonyl (C=O) groups excluding carboxylic acids is 1. The monoisotopic (exact) mass is 330 g/mol. The van der Waals surface area contributed by atoms with Gasteiger partial charge in [-0.15, -0.1) is 10.2 Å². The molecule has 122 valence electrons. The van der Waals surface area contributed by atoms with E-state index in [1.54, 1.807) is 0 Å². The van der Waals surface area contributed by atoms with Crippen molar-refractivity contribution in [2.24, 2.45) is 5.92 Å². The molecule has 5 nitrogen and oxygen atoms in total. The van der Waals surface area contributed by atoms with Crippen molar-refractivity contribution in [3.8, 4) is 0 Å². The third-order valence-electron chi connectivity index (χ3n) is 4.25. The largest absolute Gasteiger partial charge is 0.351 e. The first kappa shape index (κ1) is 15.9. The van der Waals surface area contributed by atoms with Gasteiger partial charge in [-0.05, 0) is 37.7 Å². The van der Waals surface area contributed by atoms with E-state index in [1.807, 2.05) is 11.8 Å². The second-order valence-electron chi connectivity index (χ2n) is 5.99. The molecule has 1 amide bonds. The lowest BCUT2D eigenvalue weighted by Crippen LogP contribution is -2.41. The van der Waals surface area contributed by atoms with Gasteiger partial charge in [-0.3, -0.25) is 4.79 Å². The zero-order valence-electron chi connectivity index (χ0n) is 13.4. The van der Waals surface area contributed by atoms with Crippen LogP contribution in [0.4, 0.5) is 5.13 Å². The maximum atomic E-state index is 12.3. The molecule has 0 radical (unpaired) electrons. The molecule has 0 aliphatic carbocycles. The first-order valence-corrected chi connectivity index (χ1v) is 8.88. The molecule has 0 atom stereocenters. The van der Waals surface area contributed by atoms with E-state index in [0.29, 0.717) is 12.5 Å². The number of hydrogen-bond acceptors (Lipinski definition) is 5. The molecule has 1 aliphatic rings. The average molecular weight is 330 g/mol. The molecule has 1 saturated heterocycles. The Morgan fingerprint density at radius 1 is 1.26 bits per heavy atom. The summed E-state index contributed by atoms with van der Waals surface area (Å²) in [5.41, 5.74) is 1.39. The average Bonchev–Trinajstić information content (AvgIpc) is 3.00. The number of aryl methyl sites for hydroxylation is 1. The predicted octanol–water partition coefficient (Wildman–Crippen LogP) is 2.74. The highest BCUT2D eigenvalue weighted by molar-refractivity contribution is 7.15. The number of piperidine rings is 1. The lowest BCUT2D eigenvalue weighted by atomic mass is 9.90. The highest BCUT2D eigenvalue weighted by Gasteiger charge is 2.22. The van der Waals surface area contributed by atoms with Crippen LogP contribution in [0.3, 0.4) is 0 Å². The van der Waals surface area contributed by atoms with Crippen LogP contribution in [0.5, 0.6) is 0 Å². The van der Waals surface area contributed by atoms with Crippen LogP contribution >= 0.6 is 11.3 Å². The summed E-state index contributed by atoms with van der Waals surface area (Å²) >= 11 is 1.47. The maximum absolute atomic E-state index is 12.3. The summed E-state index contributed by atoms with van der Waals surface area (Å²) in [6.07, 6.45) is 3.28. The smallest absolute Gasteiger partial charge is 0.241 e. The summed E-state index contributed by atoms with van der Waals surface area (Å²) in [5, 5.41) is 12.6. The van der Waals surface area contributed by atoms with E-state index in [2.05, 4.69) is 45.8 Å². The van der Waals surface area contributed by atoms with Crippen LogP contribution in [0.25, 0.3) is 0 Å². The van der Waals surface area contributed by atoms with Crippen molar-refractivity contribution >= 4 is 22.4 Å². The van der Waals surface area contributed by atoms with Gasteiger partial charge in [-0.1, -0.05) is 41.7 Å². The predicted molar refractivity (Wildman–Crippen MR) is 92.6 cm³/mol. The zero-order chi connectivity index (χ0) is 16.1. The number of nitrogens with zero attached hydrogens (tertiary/aromatic N) is 3. The summed E-state index contributed by atoms with van der Waals surface area (Å²) < 4.78 is 0. The Kier molecular flexibility index (Phi) is 5.23.